The molecule has 0 saturated carbocycles. The Hall–Kier alpha value is -0.400. The van der Waals surface area contributed by atoms with Crippen LogP contribution in [-0.4, -0.2) is 31.6 Å². The zero-order chi connectivity index (χ0) is 10.1. The van der Waals surface area contributed by atoms with Crippen LogP contribution in [0.25, 0.3) is 0 Å². The second-order valence-electron chi connectivity index (χ2n) is 3.82. The molecule has 0 spiro atoms. The summed E-state index contributed by atoms with van der Waals surface area (Å²) in [5.74, 6) is -0.118. The van der Waals surface area contributed by atoms with Crippen molar-refractivity contribution in [3.8, 4) is 0 Å². The molecule has 0 aromatic rings. The van der Waals surface area contributed by atoms with Gasteiger partial charge in [0, 0.05) is 0 Å². The summed E-state index contributed by atoms with van der Waals surface area (Å²) in [6, 6.07) is 0. The predicted octanol–water partition coefficient (Wildman–Crippen LogP) is 1.87. The third kappa shape index (κ3) is 3.45. The summed E-state index contributed by atoms with van der Waals surface area (Å²) in [6.07, 6.45) is 4.10. The minimum atomic E-state index is -1.37. The van der Waals surface area contributed by atoms with E-state index in [0.717, 1.165) is 0 Å². The van der Waals surface area contributed by atoms with Crippen molar-refractivity contribution >= 4 is 29.4 Å². The SMILES string of the molecule is C[PH](C)(C)SC1=CC(=O)C=CC1=O. The van der Waals surface area contributed by atoms with Crippen LogP contribution in [0.4, 0.5) is 0 Å². The van der Waals surface area contributed by atoms with E-state index in [9.17, 15) is 9.59 Å². The molecule has 13 heavy (non-hydrogen) atoms. The molecule has 4 heteroatoms. The van der Waals surface area contributed by atoms with Gasteiger partial charge < -0.3 is 0 Å². The summed E-state index contributed by atoms with van der Waals surface area (Å²) in [5.41, 5.74) is 0. The van der Waals surface area contributed by atoms with Gasteiger partial charge in [-0.2, -0.15) is 0 Å². The monoisotopic (exact) mass is 216 g/mol. The molecule has 0 amide bonds. The number of hydrogen-bond acceptors (Lipinski definition) is 3. The van der Waals surface area contributed by atoms with Gasteiger partial charge in [0.15, 0.2) is 0 Å². The number of hydrogen-bond donors (Lipinski definition) is 0. The summed E-state index contributed by atoms with van der Waals surface area (Å²) in [7, 11) is 0. The molecule has 0 radical (unpaired) electrons. The first kappa shape index (κ1) is 10.7. The Morgan fingerprint density at radius 1 is 1.15 bits per heavy atom. The van der Waals surface area contributed by atoms with Gasteiger partial charge in [0.1, 0.15) is 0 Å². The van der Waals surface area contributed by atoms with E-state index in [4.69, 9.17) is 0 Å². The third-order valence-electron chi connectivity index (χ3n) is 1.33. The molecule has 1 rings (SSSR count). The van der Waals surface area contributed by atoms with Crippen molar-refractivity contribution in [1.29, 1.82) is 0 Å². The standard InChI is InChI=1S/C9H13O2PS/c1-12(2,3)13-9-6-7(10)4-5-8(9)11/h4-6,12H,1-3H3. The molecular weight excluding hydrogens is 203 g/mol. The van der Waals surface area contributed by atoms with Crippen molar-refractivity contribution in [3.63, 3.8) is 0 Å². The van der Waals surface area contributed by atoms with Crippen LogP contribution in [0.3, 0.4) is 0 Å². The Morgan fingerprint density at radius 3 is 2.31 bits per heavy atom. The summed E-state index contributed by atoms with van der Waals surface area (Å²) in [5, 5.41) is 0. The number of rotatable bonds is 2. The van der Waals surface area contributed by atoms with E-state index in [1.165, 1.54) is 18.2 Å². The molecule has 0 aromatic heterocycles. The van der Waals surface area contributed by atoms with Gasteiger partial charge >= 0.3 is 82.1 Å². The average Bonchev–Trinajstić information content (AvgIpc) is 1.94. The van der Waals surface area contributed by atoms with Crippen LogP contribution in [-0.2, 0) is 9.59 Å². The Balaban J connectivity index is 2.80. The Kier molecular flexibility index (Phi) is 3.09. The molecule has 0 aromatic carbocycles. The summed E-state index contributed by atoms with van der Waals surface area (Å²) in [4.78, 5) is 22.9. The maximum absolute atomic E-state index is 11.3. The average molecular weight is 216 g/mol. The fourth-order valence-electron chi connectivity index (χ4n) is 0.898. The number of allylic oxidation sites excluding steroid dienone is 4. The molecular formula is C9H13O2PS. The van der Waals surface area contributed by atoms with Crippen LogP contribution >= 0.6 is 17.8 Å². The van der Waals surface area contributed by atoms with Crippen molar-refractivity contribution < 1.29 is 9.59 Å². The molecule has 0 bridgehead atoms. The molecule has 0 aliphatic heterocycles. The molecule has 0 saturated heterocycles. The normalized spacial score (nSPS) is 18.8. The number of carbonyl (C=O) groups excluding carboxylic acids is 2. The minimum absolute atomic E-state index is 0.0352. The molecule has 0 atom stereocenters. The second kappa shape index (κ2) is 3.77. The summed E-state index contributed by atoms with van der Waals surface area (Å²) < 4.78 is 0. The van der Waals surface area contributed by atoms with Crippen LogP contribution in [0.15, 0.2) is 23.1 Å². The van der Waals surface area contributed by atoms with Gasteiger partial charge in [-0.15, -0.1) is 0 Å². The molecule has 1 aliphatic carbocycles. The molecule has 2 nitrogen and oxygen atoms in total. The second-order valence-corrected chi connectivity index (χ2v) is 13.0. The maximum atomic E-state index is 11.3. The van der Waals surface area contributed by atoms with Gasteiger partial charge in [0.05, 0.1) is 0 Å². The first-order valence-corrected chi connectivity index (χ1v) is 9.10. The van der Waals surface area contributed by atoms with Gasteiger partial charge in [-0.25, -0.2) is 0 Å². The Labute approximate surface area is 82.6 Å². The van der Waals surface area contributed by atoms with E-state index >= 15 is 0 Å². The van der Waals surface area contributed by atoms with E-state index in [1.54, 1.807) is 11.4 Å². The quantitative estimate of drug-likeness (QED) is 0.522. The zero-order valence-corrected chi connectivity index (χ0v) is 9.77. The van der Waals surface area contributed by atoms with Crippen LogP contribution < -0.4 is 0 Å². The molecule has 1 aliphatic rings. The zero-order valence-electron chi connectivity index (χ0n) is 7.96. The Morgan fingerprint density at radius 2 is 1.77 bits per heavy atom. The predicted molar refractivity (Wildman–Crippen MR) is 60.9 cm³/mol. The molecule has 0 unspecified atom stereocenters. The van der Waals surface area contributed by atoms with Gasteiger partial charge in [0.25, 0.3) is 0 Å². The van der Waals surface area contributed by atoms with E-state index in [0.29, 0.717) is 4.91 Å². The first-order chi connectivity index (χ1) is 5.88. The third-order valence-corrected chi connectivity index (χ3v) is 4.98. The van der Waals surface area contributed by atoms with Gasteiger partial charge in [0.2, 0.25) is 0 Å². The van der Waals surface area contributed by atoms with Crippen molar-refractivity contribution in [2.45, 2.75) is 0 Å². The van der Waals surface area contributed by atoms with Gasteiger partial charge in [-0.1, -0.05) is 0 Å². The van der Waals surface area contributed by atoms with Gasteiger partial charge in [-0.05, 0) is 0 Å². The van der Waals surface area contributed by atoms with E-state index < -0.39 is 6.46 Å². The van der Waals surface area contributed by atoms with E-state index in [-0.39, 0.29) is 11.6 Å². The van der Waals surface area contributed by atoms with Crippen molar-refractivity contribution in [2.24, 2.45) is 0 Å². The van der Waals surface area contributed by atoms with E-state index in [2.05, 4.69) is 20.0 Å². The van der Waals surface area contributed by atoms with Crippen molar-refractivity contribution in [3.05, 3.63) is 23.1 Å². The van der Waals surface area contributed by atoms with Crippen LogP contribution in [0.2, 0.25) is 0 Å². The van der Waals surface area contributed by atoms with Crippen LogP contribution in [0.5, 0.6) is 0 Å². The van der Waals surface area contributed by atoms with Crippen LogP contribution in [0.1, 0.15) is 0 Å². The summed E-state index contributed by atoms with van der Waals surface area (Å²) in [6.45, 7) is 5.07. The number of carbonyl (C=O) groups is 2. The fourth-order valence-corrected chi connectivity index (χ4v) is 4.36. The van der Waals surface area contributed by atoms with E-state index in [1.807, 2.05) is 0 Å². The van der Waals surface area contributed by atoms with Gasteiger partial charge in [-0.3, -0.25) is 0 Å². The Bertz CT molecular complexity index is 310. The topological polar surface area (TPSA) is 34.1 Å². The fraction of sp³-hybridized carbons (Fsp3) is 0.333. The molecule has 0 heterocycles. The summed E-state index contributed by atoms with van der Waals surface area (Å²) >= 11 is 1.57. The molecule has 0 fully saturated rings. The first-order valence-electron chi connectivity index (χ1n) is 4.05. The molecule has 72 valence electrons. The van der Waals surface area contributed by atoms with Crippen molar-refractivity contribution in [1.82, 2.24) is 0 Å². The number of ketones is 2. The molecule has 0 N–H and O–H groups in total. The van der Waals surface area contributed by atoms with Crippen LogP contribution in [0, 0.1) is 0 Å². The van der Waals surface area contributed by atoms with Crippen molar-refractivity contribution in [2.75, 3.05) is 20.0 Å².